The second-order valence-electron chi connectivity index (χ2n) is 3.65. The van der Waals surface area contributed by atoms with Gasteiger partial charge in [0, 0.05) is 24.8 Å². The minimum atomic E-state index is 0.209. The lowest BCUT2D eigenvalue weighted by molar-refractivity contribution is 0.250. The first kappa shape index (κ1) is 11.3. The van der Waals surface area contributed by atoms with Crippen LogP contribution in [0.2, 0.25) is 0 Å². The van der Waals surface area contributed by atoms with Crippen molar-refractivity contribution in [3.05, 3.63) is 24.5 Å². The Balaban J connectivity index is 2.13. The molecule has 0 aliphatic carbocycles. The van der Waals surface area contributed by atoms with Gasteiger partial charge in [0.05, 0.1) is 5.03 Å². The van der Waals surface area contributed by atoms with E-state index in [2.05, 4.69) is 15.0 Å². The van der Waals surface area contributed by atoms with Gasteiger partial charge in [-0.05, 0) is 18.1 Å². The largest absolute Gasteiger partial charge is 0.396 e. The Labute approximate surface area is 98.1 Å². The maximum Gasteiger partial charge on any atom is 0.179 e. The Hall–Kier alpha value is -1.20. The van der Waals surface area contributed by atoms with Crippen molar-refractivity contribution in [1.29, 1.82) is 0 Å². The van der Waals surface area contributed by atoms with Gasteiger partial charge in [-0.2, -0.15) is 0 Å². The van der Waals surface area contributed by atoms with Gasteiger partial charge in [0.2, 0.25) is 0 Å². The number of rotatable bonds is 4. The molecule has 16 heavy (non-hydrogen) atoms. The van der Waals surface area contributed by atoms with Crippen molar-refractivity contribution < 1.29 is 5.11 Å². The maximum absolute atomic E-state index is 8.93. The highest BCUT2D eigenvalue weighted by Crippen LogP contribution is 2.20. The summed E-state index contributed by atoms with van der Waals surface area (Å²) in [4.78, 5) is 12.7. The van der Waals surface area contributed by atoms with Gasteiger partial charge in [-0.25, -0.2) is 9.97 Å². The van der Waals surface area contributed by atoms with Crippen molar-refractivity contribution in [2.24, 2.45) is 5.92 Å². The summed E-state index contributed by atoms with van der Waals surface area (Å²) < 4.78 is 0. The molecule has 0 saturated carbocycles. The molecule has 4 nitrogen and oxygen atoms in total. The minimum absolute atomic E-state index is 0.209. The molecule has 0 aliphatic rings. The molecule has 0 radical (unpaired) electrons. The molecular weight excluding hydrogens is 222 g/mol. The third-order valence-electron chi connectivity index (χ3n) is 2.13. The summed E-state index contributed by atoms with van der Waals surface area (Å²) in [5.74, 6) is 1.14. The molecule has 0 aromatic carbocycles. The zero-order chi connectivity index (χ0) is 11.4. The monoisotopic (exact) mass is 235 g/mol. The van der Waals surface area contributed by atoms with E-state index in [0.717, 1.165) is 16.3 Å². The number of aliphatic hydroxyl groups is 1. The second kappa shape index (κ2) is 5.23. The van der Waals surface area contributed by atoms with E-state index in [4.69, 9.17) is 5.11 Å². The summed E-state index contributed by atoms with van der Waals surface area (Å²) in [6.45, 7) is 2.22. The van der Waals surface area contributed by atoms with Crippen molar-refractivity contribution >= 4 is 22.9 Å². The maximum atomic E-state index is 8.93. The zero-order valence-electron chi connectivity index (χ0n) is 9.00. The van der Waals surface area contributed by atoms with Crippen molar-refractivity contribution in [3.8, 4) is 0 Å². The minimum Gasteiger partial charge on any atom is -0.396 e. The Bertz CT molecular complexity index is 477. The van der Waals surface area contributed by atoms with Gasteiger partial charge in [-0.1, -0.05) is 6.92 Å². The number of thioether (sulfide) groups is 1. The number of aromatic nitrogens is 3. The quantitative estimate of drug-likeness (QED) is 0.818. The van der Waals surface area contributed by atoms with Crippen LogP contribution in [0.3, 0.4) is 0 Å². The molecule has 1 atom stereocenters. The fraction of sp³-hybridized carbons (Fsp3) is 0.364. The third-order valence-corrected chi connectivity index (χ3v) is 3.39. The first-order chi connectivity index (χ1) is 7.79. The van der Waals surface area contributed by atoms with Crippen LogP contribution in [0.15, 0.2) is 29.6 Å². The van der Waals surface area contributed by atoms with E-state index in [1.807, 2.05) is 19.1 Å². The highest BCUT2D eigenvalue weighted by molar-refractivity contribution is 7.99. The average molecular weight is 235 g/mol. The number of fused-ring (bicyclic) bond motifs is 1. The van der Waals surface area contributed by atoms with E-state index in [9.17, 15) is 0 Å². The topological polar surface area (TPSA) is 58.9 Å². The van der Waals surface area contributed by atoms with Crippen LogP contribution >= 0.6 is 11.8 Å². The molecule has 2 aromatic heterocycles. The zero-order valence-corrected chi connectivity index (χ0v) is 9.81. The first-order valence-corrected chi connectivity index (χ1v) is 6.09. The number of aliphatic hydroxyl groups excluding tert-OH is 1. The number of pyridine rings is 1. The Kier molecular flexibility index (Phi) is 3.69. The summed E-state index contributed by atoms with van der Waals surface area (Å²) in [7, 11) is 0. The molecule has 0 spiro atoms. The number of nitrogens with zero attached hydrogens (tertiary/aromatic N) is 3. The summed E-state index contributed by atoms with van der Waals surface area (Å²) in [6.07, 6.45) is 3.30. The Morgan fingerprint density at radius 2 is 2.12 bits per heavy atom. The lowest BCUT2D eigenvalue weighted by Gasteiger charge is -2.06. The summed E-state index contributed by atoms with van der Waals surface area (Å²) in [5, 5.41) is 9.85. The molecule has 2 heterocycles. The molecular formula is C11H13N3OS. The first-order valence-electron chi connectivity index (χ1n) is 5.11. The molecule has 0 amide bonds. The van der Waals surface area contributed by atoms with Crippen molar-refractivity contribution in [1.82, 2.24) is 15.0 Å². The highest BCUT2D eigenvalue weighted by Gasteiger charge is 2.04. The average Bonchev–Trinajstić information content (AvgIpc) is 2.35. The number of hydrogen-bond donors (Lipinski definition) is 1. The predicted octanol–water partition coefficient (Wildman–Crippen LogP) is 1.75. The van der Waals surface area contributed by atoms with Gasteiger partial charge in [0.15, 0.2) is 5.65 Å². The molecule has 2 aromatic rings. The summed E-state index contributed by atoms with van der Waals surface area (Å²) >= 11 is 1.63. The Morgan fingerprint density at radius 1 is 1.31 bits per heavy atom. The van der Waals surface area contributed by atoms with Crippen LogP contribution in [0, 0.1) is 5.92 Å². The fourth-order valence-corrected chi connectivity index (χ4v) is 2.07. The van der Waals surface area contributed by atoms with E-state index in [1.54, 1.807) is 24.2 Å². The Morgan fingerprint density at radius 3 is 2.94 bits per heavy atom. The van der Waals surface area contributed by atoms with Crippen LogP contribution in [0.1, 0.15) is 6.92 Å². The van der Waals surface area contributed by atoms with Gasteiger partial charge >= 0.3 is 0 Å². The lowest BCUT2D eigenvalue weighted by atomic mass is 10.2. The van der Waals surface area contributed by atoms with Gasteiger partial charge in [0.1, 0.15) is 5.52 Å². The molecule has 0 fully saturated rings. The van der Waals surface area contributed by atoms with Gasteiger partial charge in [0.25, 0.3) is 0 Å². The molecule has 0 aliphatic heterocycles. The van der Waals surface area contributed by atoms with Crippen molar-refractivity contribution in [2.75, 3.05) is 12.4 Å². The third kappa shape index (κ3) is 2.68. The summed E-state index contributed by atoms with van der Waals surface area (Å²) in [5.41, 5.74) is 1.48. The molecule has 84 valence electrons. The molecule has 0 saturated heterocycles. The van der Waals surface area contributed by atoms with Crippen LogP contribution in [0.4, 0.5) is 0 Å². The van der Waals surface area contributed by atoms with Crippen LogP contribution in [-0.4, -0.2) is 32.4 Å². The fourth-order valence-electron chi connectivity index (χ4n) is 1.20. The van der Waals surface area contributed by atoms with Crippen LogP contribution in [0.5, 0.6) is 0 Å². The number of hydrogen-bond acceptors (Lipinski definition) is 5. The van der Waals surface area contributed by atoms with Crippen LogP contribution in [-0.2, 0) is 0 Å². The summed E-state index contributed by atoms with van der Waals surface area (Å²) in [6, 6.07) is 3.85. The van der Waals surface area contributed by atoms with Gasteiger partial charge < -0.3 is 5.11 Å². The highest BCUT2D eigenvalue weighted by atomic mass is 32.2. The van der Waals surface area contributed by atoms with Crippen LogP contribution < -0.4 is 0 Å². The smallest absolute Gasteiger partial charge is 0.179 e. The van der Waals surface area contributed by atoms with E-state index in [-0.39, 0.29) is 12.5 Å². The van der Waals surface area contributed by atoms with Crippen molar-refractivity contribution in [2.45, 2.75) is 11.9 Å². The van der Waals surface area contributed by atoms with Gasteiger partial charge in [-0.3, -0.25) is 4.98 Å². The molecule has 0 bridgehead atoms. The predicted molar refractivity (Wildman–Crippen MR) is 64.3 cm³/mol. The molecule has 5 heteroatoms. The SMILES string of the molecule is CC(CO)CSc1ccc2nccnc2n1. The second-order valence-corrected chi connectivity index (χ2v) is 4.69. The van der Waals surface area contributed by atoms with E-state index >= 15 is 0 Å². The van der Waals surface area contributed by atoms with Gasteiger partial charge in [-0.15, -0.1) is 11.8 Å². The molecule has 1 N–H and O–H groups in total. The van der Waals surface area contributed by atoms with E-state index < -0.39 is 0 Å². The van der Waals surface area contributed by atoms with Crippen LogP contribution in [0.25, 0.3) is 11.2 Å². The van der Waals surface area contributed by atoms with E-state index in [1.165, 1.54) is 0 Å². The lowest BCUT2D eigenvalue weighted by Crippen LogP contribution is -2.03. The standard InChI is InChI=1S/C11H13N3OS/c1-8(6-15)7-16-10-3-2-9-11(14-10)13-5-4-12-9/h2-5,8,15H,6-7H2,1H3. The van der Waals surface area contributed by atoms with Crippen molar-refractivity contribution in [3.63, 3.8) is 0 Å². The van der Waals surface area contributed by atoms with E-state index in [0.29, 0.717) is 5.65 Å². The molecule has 1 unspecified atom stereocenters. The normalized spacial score (nSPS) is 12.9. The molecule has 2 rings (SSSR count).